The number of amides is 3. The topological polar surface area (TPSA) is 86.4 Å². The molecule has 0 radical (unpaired) electrons. The zero-order valence-corrected chi connectivity index (χ0v) is 22.0. The van der Waals surface area contributed by atoms with Gasteiger partial charge in [0.25, 0.3) is 0 Å². The Kier molecular flexibility index (Phi) is 10.4. The molecule has 3 aliphatic rings. The summed E-state index contributed by atoms with van der Waals surface area (Å²) in [5, 5.41) is 6.15. The minimum Gasteiger partial charge on any atom is -0.453 e. The van der Waals surface area contributed by atoms with E-state index in [1.165, 1.54) is 31.2 Å². The van der Waals surface area contributed by atoms with Gasteiger partial charge in [-0.1, -0.05) is 12.1 Å². The lowest BCUT2D eigenvalue weighted by Crippen LogP contribution is -2.58. The van der Waals surface area contributed by atoms with Gasteiger partial charge in [-0.2, -0.15) is 0 Å². The number of methoxy groups -OCH3 is 1. The Morgan fingerprint density at radius 3 is 2.59 bits per heavy atom. The number of urea groups is 1. The van der Waals surface area contributed by atoms with E-state index in [2.05, 4.69) is 20.4 Å². The molecule has 0 aromatic heterocycles. The fourth-order valence-electron chi connectivity index (χ4n) is 5.82. The first-order chi connectivity index (χ1) is 18.0. The summed E-state index contributed by atoms with van der Waals surface area (Å²) in [4.78, 5) is 31.4. The Labute approximate surface area is 219 Å². The molecule has 3 atom stereocenters. The van der Waals surface area contributed by atoms with Gasteiger partial charge >= 0.3 is 12.1 Å². The van der Waals surface area contributed by atoms with Crippen LogP contribution in [0, 0.1) is 17.7 Å². The van der Waals surface area contributed by atoms with Crippen LogP contribution in [0.4, 0.5) is 14.0 Å². The number of nitrogens with zero attached hydrogens (tertiary/aromatic N) is 3. The number of likely N-dealkylation sites (tertiary alicyclic amines) is 2. The Morgan fingerprint density at radius 2 is 1.84 bits per heavy atom. The van der Waals surface area contributed by atoms with E-state index in [0.29, 0.717) is 25.6 Å². The molecule has 3 heterocycles. The van der Waals surface area contributed by atoms with Crippen LogP contribution >= 0.6 is 0 Å². The van der Waals surface area contributed by atoms with Crippen molar-refractivity contribution < 1.29 is 23.5 Å². The summed E-state index contributed by atoms with van der Waals surface area (Å²) in [6.07, 6.45) is 3.71. The molecule has 3 fully saturated rings. The van der Waals surface area contributed by atoms with Gasteiger partial charge in [0.05, 0.1) is 26.4 Å². The summed E-state index contributed by atoms with van der Waals surface area (Å²) < 4.78 is 23.6. The average molecular weight is 520 g/mol. The predicted molar refractivity (Wildman–Crippen MR) is 139 cm³/mol. The second kappa shape index (κ2) is 13.9. The molecule has 3 amide bonds. The number of benzene rings is 1. The van der Waals surface area contributed by atoms with Gasteiger partial charge in [-0.15, -0.1) is 0 Å². The number of ether oxygens (including phenoxy) is 2. The van der Waals surface area contributed by atoms with E-state index in [0.717, 1.165) is 71.7 Å². The zero-order chi connectivity index (χ0) is 26.0. The largest absolute Gasteiger partial charge is 0.453 e. The summed E-state index contributed by atoms with van der Waals surface area (Å²) >= 11 is 0. The molecule has 1 aromatic rings. The van der Waals surface area contributed by atoms with E-state index in [4.69, 9.17) is 9.47 Å². The maximum absolute atomic E-state index is 13.3. The molecule has 3 aliphatic heterocycles. The van der Waals surface area contributed by atoms with Crippen molar-refractivity contribution in [2.24, 2.45) is 11.8 Å². The Balaban J connectivity index is 1.29. The number of nitrogens with one attached hydrogen (secondary N) is 2. The molecule has 2 N–H and O–H groups in total. The molecule has 3 saturated heterocycles. The molecule has 37 heavy (non-hydrogen) atoms. The van der Waals surface area contributed by atoms with Gasteiger partial charge in [0.15, 0.2) is 0 Å². The van der Waals surface area contributed by atoms with E-state index in [9.17, 15) is 14.0 Å². The third-order valence-electron chi connectivity index (χ3n) is 7.86. The van der Waals surface area contributed by atoms with Crippen molar-refractivity contribution in [3.63, 3.8) is 0 Å². The normalized spacial score (nSPS) is 25.5. The molecular formula is C27H42FN5O4. The van der Waals surface area contributed by atoms with Crippen LogP contribution in [0.25, 0.3) is 0 Å². The van der Waals surface area contributed by atoms with E-state index >= 15 is 0 Å². The van der Waals surface area contributed by atoms with Gasteiger partial charge in [0.2, 0.25) is 0 Å². The highest BCUT2D eigenvalue weighted by Gasteiger charge is 2.35. The summed E-state index contributed by atoms with van der Waals surface area (Å²) in [6, 6.07) is 6.50. The fourth-order valence-corrected chi connectivity index (χ4v) is 5.82. The highest BCUT2D eigenvalue weighted by atomic mass is 19.1. The molecule has 4 rings (SSSR count). The lowest BCUT2D eigenvalue weighted by molar-refractivity contribution is 0.0386. The van der Waals surface area contributed by atoms with Crippen LogP contribution < -0.4 is 10.6 Å². The van der Waals surface area contributed by atoms with Gasteiger partial charge in [-0.3, -0.25) is 4.90 Å². The second-order valence-electron chi connectivity index (χ2n) is 10.5. The van der Waals surface area contributed by atoms with Crippen molar-refractivity contribution in [3.8, 4) is 0 Å². The summed E-state index contributed by atoms with van der Waals surface area (Å²) in [5.41, 5.74) is 1.17. The molecule has 9 nitrogen and oxygen atoms in total. The number of halogens is 1. The molecule has 0 aliphatic carbocycles. The number of morpholine rings is 1. The molecule has 0 unspecified atom stereocenters. The van der Waals surface area contributed by atoms with Crippen molar-refractivity contribution in [1.29, 1.82) is 0 Å². The zero-order valence-electron chi connectivity index (χ0n) is 22.0. The summed E-state index contributed by atoms with van der Waals surface area (Å²) in [5.74, 6) is 0.579. The number of carbonyl (C=O) groups excluding carboxylic acids is 2. The first-order valence-electron chi connectivity index (χ1n) is 13.6. The van der Waals surface area contributed by atoms with Gasteiger partial charge < -0.3 is 29.9 Å². The first-order valence-corrected chi connectivity index (χ1v) is 13.6. The first kappa shape index (κ1) is 27.6. The quantitative estimate of drug-likeness (QED) is 0.548. The summed E-state index contributed by atoms with van der Waals surface area (Å²) in [7, 11) is 1.39. The van der Waals surface area contributed by atoms with Crippen molar-refractivity contribution in [2.75, 3.05) is 79.2 Å². The van der Waals surface area contributed by atoms with Crippen molar-refractivity contribution in [3.05, 3.63) is 35.6 Å². The number of hydrogen-bond acceptors (Lipinski definition) is 6. The van der Waals surface area contributed by atoms with E-state index in [-0.39, 0.29) is 29.9 Å². The fraction of sp³-hybridized carbons (Fsp3) is 0.704. The third kappa shape index (κ3) is 8.55. The summed E-state index contributed by atoms with van der Waals surface area (Å²) in [6.45, 7) is 8.60. The number of piperidine rings is 2. The lowest BCUT2D eigenvalue weighted by atomic mass is 9.87. The van der Waals surface area contributed by atoms with Crippen molar-refractivity contribution >= 4 is 12.1 Å². The van der Waals surface area contributed by atoms with Gasteiger partial charge in [0.1, 0.15) is 5.82 Å². The standard InChI is InChI=1S/C27H42FN5O4/c1-36-27(35)33-11-8-23(25(20-33)30-26(34)29-9-12-31-13-15-37-16-14-31)19-32-10-2-3-22(18-32)17-21-4-6-24(28)7-5-21/h4-7,22-23,25H,2-3,8-20H2,1H3,(H2,29,30,34)/t22-,23-,25-/m0/s1. The number of carbonyl (C=O) groups is 2. The van der Waals surface area contributed by atoms with Crippen molar-refractivity contribution in [2.45, 2.75) is 31.7 Å². The predicted octanol–water partition coefficient (Wildman–Crippen LogP) is 2.17. The number of hydrogen-bond donors (Lipinski definition) is 2. The van der Waals surface area contributed by atoms with E-state index < -0.39 is 0 Å². The van der Waals surface area contributed by atoms with Crippen LogP contribution in [0.15, 0.2) is 24.3 Å². The third-order valence-corrected chi connectivity index (χ3v) is 7.86. The molecule has 10 heteroatoms. The number of rotatable bonds is 8. The molecular weight excluding hydrogens is 477 g/mol. The Bertz CT molecular complexity index is 867. The SMILES string of the molecule is COC(=O)N1CC[C@@H](CN2CCC[C@@H](Cc3ccc(F)cc3)C2)[C@@H](NC(=O)NCCN2CCOCC2)C1. The van der Waals surface area contributed by atoms with E-state index in [1.807, 2.05) is 12.1 Å². The van der Waals surface area contributed by atoms with Gasteiger partial charge in [-0.05, 0) is 61.8 Å². The molecule has 1 aromatic carbocycles. The molecule has 0 spiro atoms. The Hall–Kier alpha value is -2.43. The van der Waals surface area contributed by atoms with Crippen LogP contribution in [0.2, 0.25) is 0 Å². The highest BCUT2D eigenvalue weighted by molar-refractivity contribution is 5.74. The monoisotopic (exact) mass is 519 g/mol. The minimum atomic E-state index is -0.352. The molecule has 206 valence electrons. The maximum atomic E-state index is 13.3. The van der Waals surface area contributed by atoms with Crippen molar-refractivity contribution in [1.82, 2.24) is 25.3 Å². The van der Waals surface area contributed by atoms with Gasteiger partial charge in [-0.25, -0.2) is 14.0 Å². The average Bonchev–Trinajstić information content (AvgIpc) is 2.91. The van der Waals surface area contributed by atoms with E-state index in [1.54, 1.807) is 4.90 Å². The van der Waals surface area contributed by atoms with Crippen LogP contribution in [0.3, 0.4) is 0 Å². The van der Waals surface area contributed by atoms with Crippen LogP contribution in [-0.4, -0.2) is 112 Å². The smallest absolute Gasteiger partial charge is 0.409 e. The van der Waals surface area contributed by atoms with Gasteiger partial charge in [0, 0.05) is 52.4 Å². The van der Waals surface area contributed by atoms with Crippen LogP contribution in [0.5, 0.6) is 0 Å². The molecule has 0 bridgehead atoms. The second-order valence-corrected chi connectivity index (χ2v) is 10.5. The Morgan fingerprint density at radius 1 is 1.05 bits per heavy atom. The van der Waals surface area contributed by atoms with Crippen LogP contribution in [0.1, 0.15) is 24.8 Å². The van der Waals surface area contributed by atoms with Crippen LogP contribution in [-0.2, 0) is 15.9 Å². The maximum Gasteiger partial charge on any atom is 0.409 e. The minimum absolute atomic E-state index is 0.145. The highest BCUT2D eigenvalue weighted by Crippen LogP contribution is 2.25. The molecule has 0 saturated carbocycles. The lowest BCUT2D eigenvalue weighted by Gasteiger charge is -2.42.